The van der Waals surface area contributed by atoms with Crippen molar-refractivity contribution in [3.8, 4) is 0 Å². The first kappa shape index (κ1) is 19.9. The molecule has 1 atom stereocenters. The first-order valence-electron chi connectivity index (χ1n) is 7.26. The number of benzene rings is 1. The molecule has 2 nitrogen and oxygen atoms in total. The van der Waals surface area contributed by atoms with E-state index in [0.717, 1.165) is 45.1 Å². The van der Waals surface area contributed by atoms with E-state index in [1.807, 2.05) is 0 Å². The molecule has 0 aromatic heterocycles. The molecule has 0 amide bonds. The van der Waals surface area contributed by atoms with Crippen molar-refractivity contribution in [2.24, 2.45) is 5.92 Å². The van der Waals surface area contributed by atoms with Gasteiger partial charge in [0.25, 0.3) is 0 Å². The number of nitrogens with one attached hydrogen (secondary N) is 1. The zero-order valence-electron chi connectivity index (χ0n) is 12.2. The molecule has 1 saturated carbocycles. The smallest absolute Gasteiger partial charge is 0.142 e. The van der Waals surface area contributed by atoms with E-state index in [1.165, 1.54) is 12.5 Å². The average Bonchev–Trinajstić information content (AvgIpc) is 2.41. The van der Waals surface area contributed by atoms with E-state index in [1.54, 1.807) is 0 Å². The minimum absolute atomic E-state index is 0. The Labute approximate surface area is 147 Å². The Bertz CT molecular complexity index is 492. The van der Waals surface area contributed by atoms with Crippen molar-refractivity contribution in [1.29, 1.82) is 0 Å². The van der Waals surface area contributed by atoms with Crippen LogP contribution < -0.4 is 5.32 Å². The Kier molecular flexibility index (Phi) is 7.83. The first-order chi connectivity index (χ1) is 9.68. The fourth-order valence-corrected chi connectivity index (χ4v) is 3.51. The summed E-state index contributed by atoms with van der Waals surface area (Å²) in [6.45, 7) is 3.48. The van der Waals surface area contributed by atoms with Gasteiger partial charge in [-0.2, -0.15) is 0 Å². The number of rotatable bonds is 3. The molecular weight excluding hydrogens is 353 g/mol. The maximum Gasteiger partial charge on any atom is 0.142 e. The lowest BCUT2D eigenvalue weighted by Crippen LogP contribution is -2.48. The summed E-state index contributed by atoms with van der Waals surface area (Å²) in [5, 5.41) is 3.25. The predicted molar refractivity (Wildman–Crippen MR) is 90.4 cm³/mol. The third-order valence-corrected chi connectivity index (χ3v) is 4.90. The summed E-state index contributed by atoms with van der Waals surface area (Å²) in [5.74, 6) is -0.517. The molecule has 22 heavy (non-hydrogen) atoms. The van der Waals surface area contributed by atoms with Crippen molar-refractivity contribution < 1.29 is 8.78 Å². The fraction of sp³-hybridized carbons (Fsp3) is 0.600. The van der Waals surface area contributed by atoms with Crippen LogP contribution in [0.25, 0.3) is 0 Å². The molecule has 1 aromatic rings. The van der Waals surface area contributed by atoms with Gasteiger partial charge in [0.15, 0.2) is 0 Å². The van der Waals surface area contributed by atoms with Crippen LogP contribution in [0.15, 0.2) is 12.1 Å². The Morgan fingerprint density at radius 3 is 2.23 bits per heavy atom. The molecule has 1 N–H and O–H groups in total. The molecule has 3 rings (SSSR count). The molecule has 1 saturated heterocycles. The van der Waals surface area contributed by atoms with Gasteiger partial charge in [-0.15, -0.1) is 24.8 Å². The monoisotopic (exact) mass is 372 g/mol. The van der Waals surface area contributed by atoms with Crippen molar-refractivity contribution in [3.63, 3.8) is 0 Å². The summed E-state index contributed by atoms with van der Waals surface area (Å²) in [4.78, 5) is 2.25. The second-order valence-electron chi connectivity index (χ2n) is 5.68. The molecule has 126 valence electrons. The quantitative estimate of drug-likeness (QED) is 0.799. The number of hydrogen-bond acceptors (Lipinski definition) is 2. The summed E-state index contributed by atoms with van der Waals surface area (Å²) >= 11 is 6.08. The van der Waals surface area contributed by atoms with Crippen LogP contribution in [-0.2, 0) is 0 Å². The summed E-state index contributed by atoms with van der Waals surface area (Å²) in [6, 6.07) is 2.22. The number of halogens is 5. The summed E-state index contributed by atoms with van der Waals surface area (Å²) in [6.07, 6.45) is 3.31. The van der Waals surface area contributed by atoms with Gasteiger partial charge in [0.2, 0.25) is 0 Å². The second-order valence-corrected chi connectivity index (χ2v) is 6.06. The fourth-order valence-electron chi connectivity index (χ4n) is 3.25. The molecule has 2 fully saturated rings. The Morgan fingerprint density at radius 2 is 1.68 bits per heavy atom. The highest BCUT2D eigenvalue weighted by molar-refractivity contribution is 6.31. The van der Waals surface area contributed by atoms with Crippen LogP contribution >= 0.6 is 36.4 Å². The number of hydrogen-bond donors (Lipinski definition) is 1. The van der Waals surface area contributed by atoms with E-state index >= 15 is 0 Å². The molecule has 0 unspecified atom stereocenters. The topological polar surface area (TPSA) is 15.3 Å². The molecule has 0 spiro atoms. The van der Waals surface area contributed by atoms with Gasteiger partial charge in [-0.1, -0.05) is 18.0 Å². The van der Waals surface area contributed by atoms with Gasteiger partial charge >= 0.3 is 0 Å². The Balaban J connectivity index is 0.00000121. The van der Waals surface area contributed by atoms with Crippen molar-refractivity contribution in [1.82, 2.24) is 10.2 Å². The lowest BCUT2D eigenvalue weighted by Gasteiger charge is -2.43. The van der Waals surface area contributed by atoms with Crippen LogP contribution in [0.4, 0.5) is 8.78 Å². The SMILES string of the molecule is Cl.Cl.Fc1ccc(F)c([C@H](C2CCC2)N2CCNCC2)c1Cl. The van der Waals surface area contributed by atoms with Gasteiger partial charge in [0.1, 0.15) is 11.6 Å². The zero-order chi connectivity index (χ0) is 14.1. The van der Waals surface area contributed by atoms with E-state index in [0.29, 0.717) is 11.5 Å². The molecule has 1 aliphatic heterocycles. The van der Waals surface area contributed by atoms with E-state index < -0.39 is 5.82 Å². The lowest BCUT2D eigenvalue weighted by atomic mass is 9.76. The third kappa shape index (κ3) is 3.85. The van der Waals surface area contributed by atoms with Gasteiger partial charge in [-0.3, -0.25) is 4.90 Å². The number of piperazine rings is 1. The number of nitrogens with zero attached hydrogens (tertiary/aromatic N) is 1. The van der Waals surface area contributed by atoms with E-state index in [9.17, 15) is 8.78 Å². The average molecular weight is 374 g/mol. The molecule has 2 aliphatic rings. The van der Waals surface area contributed by atoms with Crippen LogP contribution in [0.1, 0.15) is 30.9 Å². The maximum atomic E-state index is 14.3. The Morgan fingerprint density at radius 1 is 1.09 bits per heavy atom. The van der Waals surface area contributed by atoms with Crippen LogP contribution in [0.5, 0.6) is 0 Å². The minimum Gasteiger partial charge on any atom is -0.314 e. The molecule has 1 aromatic carbocycles. The van der Waals surface area contributed by atoms with Crippen molar-refractivity contribution in [3.05, 3.63) is 34.4 Å². The van der Waals surface area contributed by atoms with Crippen molar-refractivity contribution >= 4 is 36.4 Å². The van der Waals surface area contributed by atoms with E-state index in [-0.39, 0.29) is 41.7 Å². The first-order valence-corrected chi connectivity index (χ1v) is 7.64. The van der Waals surface area contributed by atoms with Crippen molar-refractivity contribution in [2.45, 2.75) is 25.3 Å². The van der Waals surface area contributed by atoms with Crippen LogP contribution in [0.3, 0.4) is 0 Å². The van der Waals surface area contributed by atoms with Gasteiger partial charge in [-0.25, -0.2) is 8.78 Å². The third-order valence-electron chi connectivity index (χ3n) is 4.52. The van der Waals surface area contributed by atoms with E-state index in [4.69, 9.17) is 11.6 Å². The molecule has 0 bridgehead atoms. The van der Waals surface area contributed by atoms with Gasteiger partial charge in [0.05, 0.1) is 5.02 Å². The van der Waals surface area contributed by atoms with Crippen LogP contribution in [-0.4, -0.2) is 31.1 Å². The standard InChI is InChI=1S/C15H19ClF2N2.2ClH/c16-14-12(18)5-4-11(17)13(14)15(10-2-1-3-10)20-8-6-19-7-9-20;;/h4-5,10,15,19H,1-3,6-9H2;2*1H/t15-;;/m0../s1. The second kappa shape index (κ2) is 8.65. The predicted octanol–water partition coefficient (Wildman–Crippen LogP) is 4.21. The highest BCUT2D eigenvalue weighted by Crippen LogP contribution is 2.44. The minimum atomic E-state index is -0.525. The highest BCUT2D eigenvalue weighted by Gasteiger charge is 2.36. The molecule has 1 heterocycles. The molecule has 0 radical (unpaired) electrons. The summed E-state index contributed by atoms with van der Waals surface area (Å²) in [5.41, 5.74) is 0.360. The highest BCUT2D eigenvalue weighted by atomic mass is 35.5. The zero-order valence-corrected chi connectivity index (χ0v) is 14.5. The van der Waals surface area contributed by atoms with Crippen LogP contribution in [0, 0.1) is 17.6 Å². The molecule has 7 heteroatoms. The van der Waals surface area contributed by atoms with Crippen molar-refractivity contribution in [2.75, 3.05) is 26.2 Å². The molecular formula is C15H21Cl3F2N2. The summed E-state index contributed by atoms with van der Waals surface area (Å²) < 4.78 is 28.0. The normalized spacial score (nSPS) is 20.5. The Hall–Kier alpha value is -0.130. The maximum absolute atomic E-state index is 14.3. The van der Waals surface area contributed by atoms with Gasteiger partial charge < -0.3 is 5.32 Å². The van der Waals surface area contributed by atoms with E-state index in [2.05, 4.69) is 10.2 Å². The summed E-state index contributed by atoms with van der Waals surface area (Å²) in [7, 11) is 0. The largest absolute Gasteiger partial charge is 0.314 e. The van der Waals surface area contributed by atoms with Gasteiger partial charge in [-0.05, 0) is 30.9 Å². The van der Waals surface area contributed by atoms with Crippen LogP contribution in [0.2, 0.25) is 5.02 Å². The lowest BCUT2D eigenvalue weighted by molar-refractivity contribution is 0.0810. The molecule has 1 aliphatic carbocycles. The van der Waals surface area contributed by atoms with Gasteiger partial charge in [0, 0.05) is 37.8 Å².